The van der Waals surface area contributed by atoms with E-state index in [9.17, 15) is 5.26 Å². The highest BCUT2D eigenvalue weighted by Crippen LogP contribution is 2.36. The molecule has 0 amide bonds. The Labute approximate surface area is 107 Å². The van der Waals surface area contributed by atoms with E-state index in [1.165, 1.54) is 25.7 Å². The highest BCUT2D eigenvalue weighted by atomic mass is 32.2. The Balaban J connectivity index is 2.13. The van der Waals surface area contributed by atoms with Crippen LogP contribution in [0.2, 0.25) is 0 Å². The number of rotatable bonds is 2. The van der Waals surface area contributed by atoms with Crippen molar-refractivity contribution >= 4 is 11.8 Å². The number of aryl methyl sites for hydroxylation is 1. The minimum Gasteiger partial charge on any atom is -0.249 e. The van der Waals surface area contributed by atoms with Gasteiger partial charge >= 0.3 is 0 Å². The van der Waals surface area contributed by atoms with Gasteiger partial charge in [0.1, 0.15) is 11.1 Å². The van der Waals surface area contributed by atoms with Gasteiger partial charge in [-0.05, 0) is 37.3 Å². The van der Waals surface area contributed by atoms with E-state index in [4.69, 9.17) is 0 Å². The van der Waals surface area contributed by atoms with Gasteiger partial charge in [0.25, 0.3) is 0 Å². The van der Waals surface area contributed by atoms with Gasteiger partial charge in [0.15, 0.2) is 0 Å². The van der Waals surface area contributed by atoms with Crippen LogP contribution in [0.15, 0.2) is 17.3 Å². The van der Waals surface area contributed by atoms with Crippen molar-refractivity contribution in [1.29, 1.82) is 5.26 Å². The summed E-state index contributed by atoms with van der Waals surface area (Å²) >= 11 is 1.80. The molecule has 0 N–H and O–H groups in total. The molecule has 2 nitrogen and oxygen atoms in total. The van der Waals surface area contributed by atoms with Crippen molar-refractivity contribution in [1.82, 2.24) is 4.98 Å². The van der Waals surface area contributed by atoms with E-state index in [0.717, 1.165) is 22.1 Å². The van der Waals surface area contributed by atoms with E-state index < -0.39 is 0 Å². The summed E-state index contributed by atoms with van der Waals surface area (Å²) < 4.78 is 0. The van der Waals surface area contributed by atoms with Crippen LogP contribution in [0.4, 0.5) is 0 Å². The number of nitrogens with zero attached hydrogens (tertiary/aromatic N) is 2. The Kier molecular flexibility index (Phi) is 4.06. The first-order valence-corrected chi connectivity index (χ1v) is 7.11. The van der Waals surface area contributed by atoms with Crippen molar-refractivity contribution in [2.24, 2.45) is 5.92 Å². The first-order chi connectivity index (χ1) is 8.20. The molecule has 0 aromatic carbocycles. The van der Waals surface area contributed by atoms with Crippen molar-refractivity contribution in [3.8, 4) is 6.07 Å². The van der Waals surface area contributed by atoms with E-state index >= 15 is 0 Å². The van der Waals surface area contributed by atoms with Gasteiger partial charge in [0.2, 0.25) is 0 Å². The summed E-state index contributed by atoms with van der Waals surface area (Å²) in [5.41, 5.74) is 1.80. The average molecular weight is 246 g/mol. The lowest BCUT2D eigenvalue weighted by Crippen LogP contribution is -2.15. The van der Waals surface area contributed by atoms with Crippen LogP contribution >= 0.6 is 11.8 Å². The summed E-state index contributed by atoms with van der Waals surface area (Å²) in [5, 5.41) is 10.7. The highest BCUT2D eigenvalue weighted by Gasteiger charge is 2.21. The third-order valence-electron chi connectivity index (χ3n) is 3.40. The fraction of sp³-hybridized carbons (Fsp3) is 0.571. The predicted octanol–water partition coefficient (Wildman–Crippen LogP) is 3.93. The molecule has 0 saturated heterocycles. The van der Waals surface area contributed by atoms with Gasteiger partial charge in [-0.1, -0.05) is 19.8 Å². The Hall–Kier alpha value is -1.01. The first-order valence-electron chi connectivity index (χ1n) is 6.23. The zero-order valence-corrected chi connectivity index (χ0v) is 11.3. The molecule has 0 aliphatic heterocycles. The lowest BCUT2D eigenvalue weighted by molar-refractivity contribution is 0.394. The van der Waals surface area contributed by atoms with Gasteiger partial charge in [0, 0.05) is 11.4 Å². The number of nitriles is 1. The van der Waals surface area contributed by atoms with Gasteiger partial charge in [-0.15, -0.1) is 11.8 Å². The van der Waals surface area contributed by atoms with Crippen LogP contribution < -0.4 is 0 Å². The summed E-state index contributed by atoms with van der Waals surface area (Å²) in [4.78, 5) is 4.37. The maximum absolute atomic E-state index is 9.18. The molecule has 1 aliphatic carbocycles. The standard InChI is InChI=1S/C14H18N2S/c1-10-4-3-5-12(8-10)17-14-13(9-15)11(2)6-7-16-14/h6-7,10,12H,3-5,8H2,1-2H3. The van der Waals surface area contributed by atoms with Crippen molar-refractivity contribution in [2.45, 2.75) is 49.8 Å². The molecule has 1 aromatic rings. The van der Waals surface area contributed by atoms with Crippen molar-refractivity contribution < 1.29 is 0 Å². The number of thioether (sulfide) groups is 1. The van der Waals surface area contributed by atoms with Gasteiger partial charge in [-0.25, -0.2) is 4.98 Å². The molecule has 17 heavy (non-hydrogen) atoms. The number of hydrogen-bond donors (Lipinski definition) is 0. The molecule has 2 unspecified atom stereocenters. The molecule has 0 spiro atoms. The maximum Gasteiger partial charge on any atom is 0.114 e. The molecule has 90 valence electrons. The SMILES string of the molecule is Cc1ccnc(SC2CCCC(C)C2)c1C#N. The Morgan fingerprint density at radius 1 is 1.47 bits per heavy atom. The molecule has 1 aromatic heterocycles. The van der Waals surface area contributed by atoms with E-state index in [1.54, 1.807) is 11.8 Å². The maximum atomic E-state index is 9.18. The first kappa shape index (κ1) is 12.4. The van der Waals surface area contributed by atoms with Gasteiger partial charge in [-0.2, -0.15) is 5.26 Å². The molecular weight excluding hydrogens is 228 g/mol. The molecule has 2 atom stereocenters. The molecule has 2 rings (SSSR count). The van der Waals surface area contributed by atoms with Crippen LogP contribution in [0.5, 0.6) is 0 Å². The van der Waals surface area contributed by atoms with Crippen LogP contribution in [0.25, 0.3) is 0 Å². The molecule has 0 bridgehead atoms. The second kappa shape index (κ2) is 5.55. The van der Waals surface area contributed by atoms with E-state index in [-0.39, 0.29) is 0 Å². The Morgan fingerprint density at radius 3 is 3.00 bits per heavy atom. The van der Waals surface area contributed by atoms with E-state index in [2.05, 4.69) is 18.0 Å². The van der Waals surface area contributed by atoms with Crippen LogP contribution in [0.3, 0.4) is 0 Å². The van der Waals surface area contributed by atoms with Crippen LogP contribution in [-0.2, 0) is 0 Å². The summed E-state index contributed by atoms with van der Waals surface area (Å²) in [5.74, 6) is 0.816. The third-order valence-corrected chi connectivity index (χ3v) is 4.70. The monoisotopic (exact) mass is 246 g/mol. The van der Waals surface area contributed by atoms with E-state index in [1.807, 2.05) is 19.2 Å². The lowest BCUT2D eigenvalue weighted by Gasteiger charge is -2.26. The van der Waals surface area contributed by atoms with Gasteiger partial charge in [0.05, 0.1) is 5.56 Å². The zero-order valence-electron chi connectivity index (χ0n) is 10.4. The normalized spacial score (nSPS) is 24.3. The second-order valence-electron chi connectivity index (χ2n) is 4.93. The molecule has 1 fully saturated rings. The fourth-order valence-corrected chi connectivity index (χ4v) is 3.87. The summed E-state index contributed by atoms with van der Waals surface area (Å²) in [6, 6.07) is 4.19. The summed E-state index contributed by atoms with van der Waals surface area (Å²) in [6.45, 7) is 4.30. The lowest BCUT2D eigenvalue weighted by atomic mass is 9.91. The Morgan fingerprint density at radius 2 is 2.29 bits per heavy atom. The van der Waals surface area contributed by atoms with Crippen LogP contribution in [0.1, 0.15) is 43.7 Å². The zero-order chi connectivity index (χ0) is 12.3. The molecule has 1 aliphatic rings. The average Bonchev–Trinajstić information content (AvgIpc) is 2.29. The number of hydrogen-bond acceptors (Lipinski definition) is 3. The predicted molar refractivity (Wildman–Crippen MR) is 71.0 cm³/mol. The smallest absolute Gasteiger partial charge is 0.114 e. The van der Waals surface area contributed by atoms with Crippen LogP contribution in [-0.4, -0.2) is 10.2 Å². The second-order valence-corrected chi connectivity index (χ2v) is 6.22. The molecule has 1 heterocycles. The topological polar surface area (TPSA) is 36.7 Å². The quantitative estimate of drug-likeness (QED) is 0.793. The highest BCUT2D eigenvalue weighted by molar-refractivity contribution is 7.99. The van der Waals surface area contributed by atoms with Crippen molar-refractivity contribution in [3.05, 3.63) is 23.4 Å². The molecular formula is C14H18N2S. The summed E-state index contributed by atoms with van der Waals surface area (Å²) in [7, 11) is 0. The van der Waals surface area contributed by atoms with Crippen molar-refractivity contribution in [2.75, 3.05) is 0 Å². The van der Waals surface area contributed by atoms with Gasteiger partial charge in [-0.3, -0.25) is 0 Å². The van der Waals surface area contributed by atoms with Crippen molar-refractivity contribution in [3.63, 3.8) is 0 Å². The minimum absolute atomic E-state index is 0.639. The molecule has 1 saturated carbocycles. The van der Waals surface area contributed by atoms with Gasteiger partial charge < -0.3 is 0 Å². The number of pyridine rings is 1. The van der Waals surface area contributed by atoms with Crippen LogP contribution in [0, 0.1) is 24.2 Å². The van der Waals surface area contributed by atoms with E-state index in [0.29, 0.717) is 5.25 Å². The largest absolute Gasteiger partial charge is 0.249 e. The Bertz CT molecular complexity index is 436. The number of aromatic nitrogens is 1. The third kappa shape index (κ3) is 3.01. The minimum atomic E-state index is 0.639. The fourth-order valence-electron chi connectivity index (χ4n) is 2.40. The summed E-state index contributed by atoms with van der Waals surface area (Å²) in [6.07, 6.45) is 6.99. The molecule has 0 radical (unpaired) electrons. The molecule has 3 heteroatoms.